The average molecular weight is 356 g/mol. The number of aliphatic carboxylic acids is 1. The van der Waals surface area contributed by atoms with Crippen molar-refractivity contribution >= 4 is 27.8 Å². The minimum absolute atomic E-state index is 0.00611. The number of carboxylic acid groups (broad SMARTS) is 1. The molecular weight excluding hydrogens is 338 g/mol. The number of phenols is 1. The molecule has 0 spiro atoms. The first-order valence-electron chi connectivity index (χ1n) is 6.79. The van der Waals surface area contributed by atoms with E-state index in [1.165, 1.54) is 6.07 Å². The topological polar surface area (TPSA) is 77.8 Å². The number of amides is 1. The van der Waals surface area contributed by atoms with E-state index in [4.69, 9.17) is 0 Å². The second-order valence-corrected chi connectivity index (χ2v) is 6.61. The molecule has 1 aliphatic heterocycles. The molecule has 1 heterocycles. The molecule has 0 aliphatic carbocycles. The molecule has 21 heavy (non-hydrogen) atoms. The number of hydrogen-bond acceptors (Lipinski definition) is 3. The van der Waals surface area contributed by atoms with E-state index in [0.29, 0.717) is 23.0 Å². The highest BCUT2D eigenvalue weighted by molar-refractivity contribution is 9.10. The lowest BCUT2D eigenvalue weighted by Crippen LogP contribution is -2.40. The molecule has 1 atom stereocenters. The van der Waals surface area contributed by atoms with E-state index in [0.717, 1.165) is 0 Å². The number of nitrogens with zero attached hydrogens (tertiary/aromatic N) is 1. The van der Waals surface area contributed by atoms with Crippen molar-refractivity contribution in [2.24, 2.45) is 11.3 Å². The molecule has 6 heteroatoms. The fourth-order valence-corrected chi connectivity index (χ4v) is 2.97. The molecule has 0 radical (unpaired) electrons. The molecule has 1 unspecified atom stereocenters. The number of carboxylic acids is 1. The second kappa shape index (κ2) is 5.67. The molecule has 5 nitrogen and oxygen atoms in total. The number of phenolic OH excluding ortho intramolecular Hbond substituents is 1. The van der Waals surface area contributed by atoms with Crippen molar-refractivity contribution in [3.8, 4) is 5.75 Å². The predicted molar refractivity (Wildman–Crippen MR) is 81.2 cm³/mol. The summed E-state index contributed by atoms with van der Waals surface area (Å²) in [5.41, 5.74) is -0.520. The van der Waals surface area contributed by atoms with Gasteiger partial charge in [-0.2, -0.15) is 0 Å². The summed E-state index contributed by atoms with van der Waals surface area (Å²) in [7, 11) is 0. The minimum atomic E-state index is -0.882. The Balaban J connectivity index is 2.22. The van der Waals surface area contributed by atoms with E-state index in [2.05, 4.69) is 15.9 Å². The van der Waals surface area contributed by atoms with Gasteiger partial charge in [0.25, 0.3) is 5.91 Å². The SMILES string of the molecule is CC(C)C1(C(=O)O)CCN(C(=O)c2ccc(Br)c(O)c2)C1. The van der Waals surface area contributed by atoms with Crippen LogP contribution in [0.25, 0.3) is 0 Å². The molecule has 1 aromatic carbocycles. The Bertz CT molecular complexity index is 587. The molecule has 2 rings (SSSR count). The molecular formula is C15H18BrNO4. The molecule has 0 aromatic heterocycles. The quantitative estimate of drug-likeness (QED) is 0.873. The Morgan fingerprint density at radius 3 is 2.52 bits per heavy atom. The number of carbonyl (C=O) groups is 2. The molecule has 1 aliphatic rings. The first-order chi connectivity index (χ1) is 9.78. The highest BCUT2D eigenvalue weighted by Gasteiger charge is 2.48. The Morgan fingerprint density at radius 1 is 1.38 bits per heavy atom. The minimum Gasteiger partial charge on any atom is -0.507 e. The molecule has 0 saturated carbocycles. The first-order valence-corrected chi connectivity index (χ1v) is 7.58. The Hall–Kier alpha value is -1.56. The zero-order valence-corrected chi connectivity index (χ0v) is 13.6. The average Bonchev–Trinajstić information content (AvgIpc) is 2.87. The summed E-state index contributed by atoms with van der Waals surface area (Å²) in [4.78, 5) is 25.6. The summed E-state index contributed by atoms with van der Waals surface area (Å²) in [6.45, 7) is 4.36. The Kier molecular flexibility index (Phi) is 4.27. The van der Waals surface area contributed by atoms with E-state index in [9.17, 15) is 19.8 Å². The van der Waals surface area contributed by atoms with Crippen molar-refractivity contribution in [1.82, 2.24) is 4.90 Å². The lowest BCUT2D eigenvalue weighted by atomic mass is 9.76. The summed E-state index contributed by atoms with van der Waals surface area (Å²) in [5, 5.41) is 19.2. The zero-order chi connectivity index (χ0) is 15.8. The highest BCUT2D eigenvalue weighted by atomic mass is 79.9. The van der Waals surface area contributed by atoms with E-state index >= 15 is 0 Å². The van der Waals surface area contributed by atoms with Crippen LogP contribution in [0.3, 0.4) is 0 Å². The van der Waals surface area contributed by atoms with Crippen LogP contribution >= 0.6 is 15.9 Å². The van der Waals surface area contributed by atoms with E-state index < -0.39 is 11.4 Å². The molecule has 2 N–H and O–H groups in total. The lowest BCUT2D eigenvalue weighted by Gasteiger charge is -2.28. The molecule has 114 valence electrons. The Morgan fingerprint density at radius 2 is 2.05 bits per heavy atom. The van der Waals surface area contributed by atoms with Crippen molar-refractivity contribution in [2.45, 2.75) is 20.3 Å². The lowest BCUT2D eigenvalue weighted by molar-refractivity contribution is -0.150. The maximum atomic E-state index is 12.5. The largest absolute Gasteiger partial charge is 0.507 e. The number of likely N-dealkylation sites (tertiary alicyclic amines) is 1. The van der Waals surface area contributed by atoms with Crippen molar-refractivity contribution in [3.05, 3.63) is 28.2 Å². The third kappa shape index (κ3) is 2.77. The van der Waals surface area contributed by atoms with Crippen molar-refractivity contribution in [2.75, 3.05) is 13.1 Å². The van der Waals surface area contributed by atoms with Gasteiger partial charge < -0.3 is 15.1 Å². The second-order valence-electron chi connectivity index (χ2n) is 5.76. The van der Waals surface area contributed by atoms with Gasteiger partial charge in [-0.3, -0.25) is 9.59 Å². The van der Waals surface area contributed by atoms with Crippen LogP contribution in [0, 0.1) is 11.3 Å². The van der Waals surface area contributed by atoms with Gasteiger partial charge in [0, 0.05) is 18.7 Å². The van der Waals surface area contributed by atoms with Gasteiger partial charge in [0.2, 0.25) is 0 Å². The third-order valence-electron chi connectivity index (χ3n) is 4.31. The predicted octanol–water partition coefficient (Wildman–Crippen LogP) is 2.73. The van der Waals surface area contributed by atoms with Crippen LogP contribution in [0.5, 0.6) is 5.75 Å². The van der Waals surface area contributed by atoms with Crippen molar-refractivity contribution in [3.63, 3.8) is 0 Å². The van der Waals surface area contributed by atoms with Crippen molar-refractivity contribution in [1.29, 1.82) is 0 Å². The summed E-state index contributed by atoms with van der Waals surface area (Å²) in [5.74, 6) is -1.16. The van der Waals surface area contributed by atoms with Crippen LogP contribution in [-0.2, 0) is 4.79 Å². The maximum Gasteiger partial charge on any atom is 0.311 e. The fraction of sp³-hybridized carbons (Fsp3) is 0.467. The molecule has 1 amide bonds. The van der Waals surface area contributed by atoms with Gasteiger partial charge in [-0.15, -0.1) is 0 Å². The molecule has 1 saturated heterocycles. The van der Waals surface area contributed by atoms with Gasteiger partial charge in [-0.05, 0) is 46.5 Å². The van der Waals surface area contributed by atoms with Gasteiger partial charge in [0.05, 0.1) is 9.89 Å². The monoisotopic (exact) mass is 355 g/mol. The van der Waals surface area contributed by atoms with Crippen LogP contribution in [0.1, 0.15) is 30.6 Å². The normalized spacial score (nSPS) is 21.8. The standard InChI is InChI=1S/C15H18BrNO4/c1-9(2)15(14(20)21)5-6-17(8-15)13(19)10-3-4-11(16)12(18)7-10/h3-4,7,9,18H,5-6,8H2,1-2H3,(H,20,21). The summed E-state index contributed by atoms with van der Waals surface area (Å²) in [6.07, 6.45) is 0.453. The fourth-order valence-electron chi connectivity index (χ4n) is 2.73. The van der Waals surface area contributed by atoms with Crippen LogP contribution < -0.4 is 0 Å². The van der Waals surface area contributed by atoms with Gasteiger partial charge in [-0.25, -0.2) is 0 Å². The number of rotatable bonds is 3. The highest BCUT2D eigenvalue weighted by Crippen LogP contribution is 2.39. The summed E-state index contributed by atoms with van der Waals surface area (Å²) < 4.78 is 0.516. The molecule has 1 fully saturated rings. The smallest absolute Gasteiger partial charge is 0.311 e. The summed E-state index contributed by atoms with van der Waals surface area (Å²) >= 11 is 3.17. The molecule has 1 aromatic rings. The van der Waals surface area contributed by atoms with Crippen LogP contribution in [0.15, 0.2) is 22.7 Å². The van der Waals surface area contributed by atoms with E-state index in [1.807, 2.05) is 13.8 Å². The van der Waals surface area contributed by atoms with Crippen molar-refractivity contribution < 1.29 is 19.8 Å². The number of benzene rings is 1. The van der Waals surface area contributed by atoms with E-state index in [1.54, 1.807) is 17.0 Å². The summed E-state index contributed by atoms with van der Waals surface area (Å²) in [6, 6.07) is 4.61. The van der Waals surface area contributed by atoms with Gasteiger partial charge >= 0.3 is 5.97 Å². The Labute approximate surface area is 131 Å². The number of carbonyl (C=O) groups excluding carboxylic acids is 1. The zero-order valence-electron chi connectivity index (χ0n) is 12.0. The number of aromatic hydroxyl groups is 1. The van der Waals surface area contributed by atoms with E-state index in [-0.39, 0.29) is 24.1 Å². The maximum absolute atomic E-state index is 12.5. The molecule has 0 bridgehead atoms. The number of halogens is 1. The van der Waals surface area contributed by atoms with Crippen LogP contribution in [0.4, 0.5) is 0 Å². The third-order valence-corrected chi connectivity index (χ3v) is 4.98. The number of hydrogen-bond donors (Lipinski definition) is 2. The van der Waals surface area contributed by atoms with Gasteiger partial charge in [-0.1, -0.05) is 13.8 Å². The first kappa shape index (κ1) is 15.8. The van der Waals surface area contributed by atoms with Gasteiger partial charge in [0.15, 0.2) is 0 Å². The van der Waals surface area contributed by atoms with Gasteiger partial charge in [0.1, 0.15) is 5.75 Å². The van der Waals surface area contributed by atoms with Crippen LogP contribution in [-0.4, -0.2) is 40.1 Å². The van der Waals surface area contributed by atoms with Crippen LogP contribution in [0.2, 0.25) is 0 Å².